The number of ether oxygens (including phenoxy) is 2. The molecular formula is C18H24O4Si. The molecule has 0 N–H and O–H groups in total. The van der Waals surface area contributed by atoms with Crippen LogP contribution in [0.25, 0.3) is 0 Å². The lowest BCUT2D eigenvalue weighted by Gasteiger charge is -2.35. The van der Waals surface area contributed by atoms with Crippen LogP contribution in [0.15, 0.2) is 60.7 Å². The molecule has 0 saturated carbocycles. The monoisotopic (exact) mass is 332 g/mol. The van der Waals surface area contributed by atoms with Gasteiger partial charge in [-0.1, -0.05) is 60.7 Å². The molecule has 2 atom stereocenters. The molecular weight excluding hydrogens is 308 g/mol. The molecule has 4 nitrogen and oxygen atoms in total. The predicted octanol–water partition coefficient (Wildman–Crippen LogP) is 2.26. The molecule has 0 heterocycles. The van der Waals surface area contributed by atoms with Crippen LogP contribution in [-0.2, 0) is 18.3 Å². The SMILES string of the molecule is COC(C)O[Si](OC(C)OC)(c1ccccc1)c1ccccc1. The standard InChI is InChI=1S/C18H24O4Si/c1-15(19-3)21-23(22-16(2)20-4,17-11-7-5-8-12-17)18-13-9-6-10-14-18/h5-16H,1-4H3. The summed E-state index contributed by atoms with van der Waals surface area (Å²) in [5.41, 5.74) is 0. The van der Waals surface area contributed by atoms with Gasteiger partial charge < -0.3 is 18.3 Å². The van der Waals surface area contributed by atoms with Gasteiger partial charge in [-0.05, 0) is 24.2 Å². The average Bonchev–Trinajstić information content (AvgIpc) is 2.62. The molecule has 0 spiro atoms. The van der Waals surface area contributed by atoms with Crippen LogP contribution in [0, 0.1) is 0 Å². The van der Waals surface area contributed by atoms with Crippen LogP contribution in [0.2, 0.25) is 0 Å². The first-order valence-corrected chi connectivity index (χ1v) is 9.46. The smallest absolute Gasteiger partial charge is 0.361 e. The number of rotatable bonds is 8. The minimum atomic E-state index is -2.97. The van der Waals surface area contributed by atoms with Gasteiger partial charge in [0.25, 0.3) is 0 Å². The molecule has 2 unspecified atom stereocenters. The average molecular weight is 332 g/mol. The maximum Gasteiger partial charge on any atom is 0.410 e. The summed E-state index contributed by atoms with van der Waals surface area (Å²) < 4.78 is 23.4. The Morgan fingerprint density at radius 1 is 0.652 bits per heavy atom. The van der Waals surface area contributed by atoms with Gasteiger partial charge >= 0.3 is 8.56 Å². The van der Waals surface area contributed by atoms with E-state index in [0.29, 0.717) is 0 Å². The van der Waals surface area contributed by atoms with Crippen LogP contribution in [0.3, 0.4) is 0 Å². The summed E-state index contributed by atoms with van der Waals surface area (Å²) in [7, 11) is 0.283. The zero-order valence-corrected chi connectivity index (χ0v) is 15.1. The topological polar surface area (TPSA) is 36.9 Å². The number of hydrogen-bond donors (Lipinski definition) is 0. The summed E-state index contributed by atoms with van der Waals surface area (Å²) >= 11 is 0. The maximum atomic E-state index is 6.35. The van der Waals surface area contributed by atoms with E-state index in [4.69, 9.17) is 18.3 Å². The molecule has 2 aromatic rings. The molecule has 23 heavy (non-hydrogen) atoms. The van der Waals surface area contributed by atoms with Crippen LogP contribution in [0.1, 0.15) is 13.8 Å². The number of methoxy groups -OCH3 is 2. The second kappa shape index (κ2) is 8.38. The minimum absolute atomic E-state index is 0.397. The van der Waals surface area contributed by atoms with Crippen molar-refractivity contribution >= 4 is 18.9 Å². The van der Waals surface area contributed by atoms with Gasteiger partial charge in [0.15, 0.2) is 0 Å². The van der Waals surface area contributed by atoms with Crippen LogP contribution >= 0.6 is 0 Å². The molecule has 0 amide bonds. The normalized spacial score (nSPS) is 14.4. The minimum Gasteiger partial charge on any atom is -0.361 e. The van der Waals surface area contributed by atoms with Crippen molar-refractivity contribution < 1.29 is 18.3 Å². The molecule has 0 saturated heterocycles. The van der Waals surface area contributed by atoms with Crippen LogP contribution in [0.5, 0.6) is 0 Å². The van der Waals surface area contributed by atoms with E-state index in [0.717, 1.165) is 10.4 Å². The highest BCUT2D eigenvalue weighted by Crippen LogP contribution is 2.15. The quantitative estimate of drug-likeness (QED) is 0.549. The van der Waals surface area contributed by atoms with E-state index in [1.165, 1.54) is 0 Å². The van der Waals surface area contributed by atoms with Crippen molar-refractivity contribution in [2.45, 2.75) is 26.4 Å². The van der Waals surface area contributed by atoms with Gasteiger partial charge in [0, 0.05) is 14.2 Å². The van der Waals surface area contributed by atoms with E-state index < -0.39 is 21.1 Å². The van der Waals surface area contributed by atoms with Crippen LogP contribution < -0.4 is 10.4 Å². The van der Waals surface area contributed by atoms with E-state index in [2.05, 4.69) is 0 Å². The zero-order chi connectivity index (χ0) is 16.7. The van der Waals surface area contributed by atoms with E-state index >= 15 is 0 Å². The van der Waals surface area contributed by atoms with E-state index in [1.807, 2.05) is 74.5 Å². The molecule has 2 rings (SSSR count). The Hall–Kier alpha value is -1.50. The van der Waals surface area contributed by atoms with Crippen molar-refractivity contribution in [3.8, 4) is 0 Å². The van der Waals surface area contributed by atoms with Crippen molar-refractivity contribution in [3.05, 3.63) is 60.7 Å². The molecule has 2 aromatic carbocycles. The molecule has 0 fully saturated rings. The second-order valence-corrected chi connectivity index (χ2v) is 8.05. The molecule has 124 valence electrons. The Labute approximate surface area is 139 Å². The highest BCUT2D eigenvalue weighted by molar-refractivity contribution is 6.92. The number of hydrogen-bond acceptors (Lipinski definition) is 4. The van der Waals surface area contributed by atoms with Crippen molar-refractivity contribution in [3.63, 3.8) is 0 Å². The summed E-state index contributed by atoms with van der Waals surface area (Å²) in [6.07, 6.45) is -0.794. The molecule has 0 aromatic heterocycles. The van der Waals surface area contributed by atoms with E-state index in [-0.39, 0.29) is 0 Å². The molecule has 0 aliphatic heterocycles. The lowest BCUT2D eigenvalue weighted by atomic mass is 10.4. The Balaban J connectivity index is 2.57. The van der Waals surface area contributed by atoms with Crippen LogP contribution in [0.4, 0.5) is 0 Å². The van der Waals surface area contributed by atoms with Crippen molar-refractivity contribution in [1.82, 2.24) is 0 Å². The van der Waals surface area contributed by atoms with Gasteiger partial charge in [0.05, 0.1) is 0 Å². The van der Waals surface area contributed by atoms with Gasteiger partial charge in [0.1, 0.15) is 12.6 Å². The number of benzene rings is 2. The van der Waals surface area contributed by atoms with Crippen molar-refractivity contribution in [2.75, 3.05) is 14.2 Å². The molecule has 0 aliphatic rings. The van der Waals surface area contributed by atoms with E-state index in [1.54, 1.807) is 14.2 Å². The highest BCUT2D eigenvalue weighted by Gasteiger charge is 2.45. The first-order chi connectivity index (χ1) is 11.1. The van der Waals surface area contributed by atoms with E-state index in [9.17, 15) is 0 Å². The van der Waals surface area contributed by atoms with Crippen molar-refractivity contribution in [1.29, 1.82) is 0 Å². The Morgan fingerprint density at radius 3 is 1.30 bits per heavy atom. The van der Waals surface area contributed by atoms with Gasteiger partial charge in [-0.2, -0.15) is 0 Å². The fraction of sp³-hybridized carbons (Fsp3) is 0.333. The Kier molecular flexibility index (Phi) is 6.50. The summed E-state index contributed by atoms with van der Waals surface area (Å²) in [5, 5.41) is 2.03. The fourth-order valence-corrected chi connectivity index (χ4v) is 5.67. The summed E-state index contributed by atoms with van der Waals surface area (Å²) in [4.78, 5) is 0. The van der Waals surface area contributed by atoms with Gasteiger partial charge in [-0.25, -0.2) is 0 Å². The van der Waals surface area contributed by atoms with Crippen LogP contribution in [-0.4, -0.2) is 35.4 Å². The fourth-order valence-electron chi connectivity index (χ4n) is 2.35. The lowest BCUT2D eigenvalue weighted by Crippen LogP contribution is -2.65. The van der Waals surface area contributed by atoms with Gasteiger partial charge in [-0.3, -0.25) is 0 Å². The molecule has 0 radical (unpaired) electrons. The first-order valence-electron chi connectivity index (χ1n) is 7.64. The summed E-state index contributed by atoms with van der Waals surface area (Å²) in [5.74, 6) is 0. The molecule has 5 heteroatoms. The Morgan fingerprint density at radius 2 is 1.00 bits per heavy atom. The maximum absolute atomic E-state index is 6.35. The summed E-state index contributed by atoms with van der Waals surface area (Å²) in [6.45, 7) is 3.74. The predicted molar refractivity (Wildman–Crippen MR) is 93.0 cm³/mol. The molecule has 0 bridgehead atoms. The third-order valence-corrected chi connectivity index (χ3v) is 7.15. The summed E-state index contributed by atoms with van der Waals surface area (Å²) in [6, 6.07) is 20.0. The lowest BCUT2D eigenvalue weighted by molar-refractivity contribution is -0.0957. The largest absolute Gasteiger partial charge is 0.410 e. The third-order valence-electron chi connectivity index (χ3n) is 3.64. The van der Waals surface area contributed by atoms with Gasteiger partial charge in [0.2, 0.25) is 0 Å². The zero-order valence-electron chi connectivity index (χ0n) is 14.1. The molecule has 0 aliphatic carbocycles. The second-order valence-electron chi connectivity index (χ2n) is 5.19. The Bertz CT molecular complexity index is 523. The third kappa shape index (κ3) is 4.28. The van der Waals surface area contributed by atoms with Crippen molar-refractivity contribution in [2.24, 2.45) is 0 Å². The van der Waals surface area contributed by atoms with Gasteiger partial charge in [-0.15, -0.1) is 0 Å². The first kappa shape index (κ1) is 17.8. The highest BCUT2D eigenvalue weighted by atomic mass is 28.4.